The summed E-state index contributed by atoms with van der Waals surface area (Å²) in [5, 5.41) is 1.28. The molecule has 0 aliphatic heterocycles. The molecule has 0 bridgehead atoms. The lowest BCUT2D eigenvalue weighted by atomic mass is 10.1. The molecule has 0 aromatic carbocycles. The molecule has 4 nitrogen and oxygen atoms in total. The normalized spacial score (nSPS) is 14.1. The van der Waals surface area contributed by atoms with Gasteiger partial charge in [-0.05, 0) is 25.1 Å². The van der Waals surface area contributed by atoms with Crippen LogP contribution in [0.4, 0.5) is 0 Å². The second kappa shape index (κ2) is 6.68. The van der Waals surface area contributed by atoms with E-state index in [0.29, 0.717) is 6.42 Å². The molecule has 0 aromatic rings. The molecule has 0 aromatic heterocycles. The zero-order valence-electron chi connectivity index (χ0n) is 13.7. The van der Waals surface area contributed by atoms with E-state index in [0.717, 1.165) is 5.57 Å². The van der Waals surface area contributed by atoms with Crippen LogP contribution < -0.4 is 0 Å². The fourth-order valence-corrected chi connectivity index (χ4v) is 2.57. The van der Waals surface area contributed by atoms with Crippen LogP contribution in [-0.2, 0) is 14.1 Å². The van der Waals surface area contributed by atoms with Gasteiger partial charge in [-0.25, -0.2) is 5.06 Å². The third-order valence-electron chi connectivity index (χ3n) is 3.64. The van der Waals surface area contributed by atoms with Crippen LogP contribution in [0.1, 0.15) is 34.1 Å². The van der Waals surface area contributed by atoms with E-state index in [1.165, 1.54) is 12.2 Å². The smallest absolute Gasteiger partial charge is 0.274 e. The van der Waals surface area contributed by atoms with Gasteiger partial charge in [-0.1, -0.05) is 26.3 Å². The van der Waals surface area contributed by atoms with Crippen molar-refractivity contribution in [1.82, 2.24) is 5.06 Å². The van der Waals surface area contributed by atoms with Gasteiger partial charge in [-0.2, -0.15) is 0 Å². The molecule has 0 fully saturated rings. The van der Waals surface area contributed by atoms with E-state index in [1.54, 1.807) is 7.05 Å². The standard InChI is InChI=1S/C14H29NO3Si/c1-11(2)10-12(13(16)15(6)17-7)18-19(8,9)14(3,4)5/h12H,1,10H2,2-9H3/t12-/m1/s1. The lowest BCUT2D eigenvalue weighted by molar-refractivity contribution is -0.176. The number of hydrogen-bond donors (Lipinski definition) is 0. The molecule has 0 aliphatic rings. The summed E-state index contributed by atoms with van der Waals surface area (Å²) in [6.45, 7) is 16.5. The average molecular weight is 287 g/mol. The Bertz CT molecular complexity index is 334. The quantitative estimate of drug-likeness (QED) is 0.427. The van der Waals surface area contributed by atoms with E-state index in [4.69, 9.17) is 9.26 Å². The lowest BCUT2D eigenvalue weighted by Gasteiger charge is -2.39. The summed E-state index contributed by atoms with van der Waals surface area (Å²) >= 11 is 0. The van der Waals surface area contributed by atoms with Gasteiger partial charge < -0.3 is 4.43 Å². The van der Waals surface area contributed by atoms with Gasteiger partial charge in [0.05, 0.1) is 7.11 Å². The van der Waals surface area contributed by atoms with Gasteiger partial charge in [-0.3, -0.25) is 9.63 Å². The molecule has 0 rings (SSSR count). The van der Waals surface area contributed by atoms with E-state index < -0.39 is 14.4 Å². The highest BCUT2D eigenvalue weighted by atomic mass is 28.4. The number of carbonyl (C=O) groups is 1. The molecule has 5 heteroatoms. The summed E-state index contributed by atoms with van der Waals surface area (Å²) in [4.78, 5) is 17.2. The number of hydroxylamine groups is 2. The van der Waals surface area contributed by atoms with Crippen LogP contribution in [0.25, 0.3) is 0 Å². The van der Waals surface area contributed by atoms with Gasteiger partial charge in [0.25, 0.3) is 5.91 Å². The maximum absolute atomic E-state index is 12.3. The van der Waals surface area contributed by atoms with Crippen molar-refractivity contribution in [3.8, 4) is 0 Å². The molecule has 112 valence electrons. The molecule has 0 saturated carbocycles. The van der Waals surface area contributed by atoms with E-state index in [9.17, 15) is 4.79 Å². The fraction of sp³-hybridized carbons (Fsp3) is 0.786. The van der Waals surface area contributed by atoms with Crippen LogP contribution in [-0.4, -0.2) is 39.5 Å². The molecule has 0 N–H and O–H groups in total. The molecule has 0 spiro atoms. The molecular formula is C14H29NO3Si. The third kappa shape index (κ3) is 5.46. The summed E-state index contributed by atoms with van der Waals surface area (Å²) in [5.74, 6) is -0.157. The van der Waals surface area contributed by atoms with E-state index >= 15 is 0 Å². The number of amides is 1. The number of carbonyl (C=O) groups excluding carboxylic acids is 1. The first-order chi connectivity index (χ1) is 8.42. The highest BCUT2D eigenvalue weighted by molar-refractivity contribution is 6.74. The number of likely N-dealkylation sites (N-methyl/N-ethyl adjacent to an activating group) is 1. The van der Waals surface area contributed by atoms with Gasteiger partial charge in [-0.15, -0.1) is 6.58 Å². The van der Waals surface area contributed by atoms with Crippen LogP contribution in [0.3, 0.4) is 0 Å². The van der Waals surface area contributed by atoms with Crippen molar-refractivity contribution in [3.63, 3.8) is 0 Å². The summed E-state index contributed by atoms with van der Waals surface area (Å²) in [6, 6.07) is 0. The molecule has 19 heavy (non-hydrogen) atoms. The van der Waals surface area contributed by atoms with Crippen LogP contribution in [0.5, 0.6) is 0 Å². The van der Waals surface area contributed by atoms with Crippen molar-refractivity contribution in [1.29, 1.82) is 0 Å². The summed E-state index contributed by atoms with van der Waals surface area (Å²) in [5.41, 5.74) is 0.932. The van der Waals surface area contributed by atoms with Crippen LogP contribution in [0, 0.1) is 0 Å². The van der Waals surface area contributed by atoms with E-state index in [2.05, 4.69) is 40.4 Å². The Morgan fingerprint density at radius 3 is 2.16 bits per heavy atom. The minimum absolute atomic E-state index is 0.0618. The Labute approximate surface area is 118 Å². The van der Waals surface area contributed by atoms with E-state index in [-0.39, 0.29) is 10.9 Å². The van der Waals surface area contributed by atoms with Gasteiger partial charge >= 0.3 is 0 Å². The SMILES string of the molecule is C=C(C)C[C@@H](O[Si](C)(C)C(C)(C)C)C(=O)N(C)OC. The fourth-order valence-electron chi connectivity index (χ4n) is 1.32. The maximum atomic E-state index is 12.3. The number of nitrogens with zero attached hydrogens (tertiary/aromatic N) is 1. The Morgan fingerprint density at radius 2 is 1.84 bits per heavy atom. The molecule has 0 heterocycles. The average Bonchev–Trinajstić information content (AvgIpc) is 2.23. The maximum Gasteiger partial charge on any atom is 0.274 e. The summed E-state index contributed by atoms with van der Waals surface area (Å²) in [7, 11) is 1.07. The molecule has 1 atom stereocenters. The van der Waals surface area contributed by atoms with Crippen LogP contribution >= 0.6 is 0 Å². The topological polar surface area (TPSA) is 38.8 Å². The Kier molecular flexibility index (Phi) is 6.45. The predicted octanol–water partition coefficient (Wildman–Crippen LogP) is 3.36. The van der Waals surface area contributed by atoms with Crippen molar-refractivity contribution in [2.75, 3.05) is 14.2 Å². The van der Waals surface area contributed by atoms with Crippen LogP contribution in [0.15, 0.2) is 12.2 Å². The minimum Gasteiger partial charge on any atom is -0.404 e. The highest BCUT2D eigenvalue weighted by Crippen LogP contribution is 2.38. The largest absolute Gasteiger partial charge is 0.404 e. The monoisotopic (exact) mass is 287 g/mol. The summed E-state index contributed by atoms with van der Waals surface area (Å²) in [6.07, 6.45) is 0.0160. The first-order valence-electron chi connectivity index (χ1n) is 6.56. The second-order valence-corrected chi connectivity index (χ2v) is 11.3. The molecule has 0 unspecified atom stereocenters. The lowest BCUT2D eigenvalue weighted by Crippen LogP contribution is -2.48. The number of rotatable bonds is 6. The van der Waals surface area contributed by atoms with E-state index in [1.807, 2.05) is 6.92 Å². The highest BCUT2D eigenvalue weighted by Gasteiger charge is 2.41. The van der Waals surface area contributed by atoms with Gasteiger partial charge in [0.15, 0.2) is 8.32 Å². The summed E-state index contributed by atoms with van der Waals surface area (Å²) < 4.78 is 6.20. The van der Waals surface area contributed by atoms with Gasteiger partial charge in [0, 0.05) is 13.5 Å². The molecule has 0 saturated heterocycles. The first-order valence-corrected chi connectivity index (χ1v) is 9.47. The molecule has 0 radical (unpaired) electrons. The molecule has 1 amide bonds. The van der Waals surface area contributed by atoms with Gasteiger partial charge in [0.1, 0.15) is 6.10 Å². The Balaban J connectivity index is 5.08. The zero-order chi connectivity index (χ0) is 15.4. The van der Waals surface area contributed by atoms with Gasteiger partial charge in [0.2, 0.25) is 0 Å². The Hall–Kier alpha value is -0.653. The van der Waals surface area contributed by atoms with Crippen molar-refractivity contribution >= 4 is 14.2 Å². The molecule has 0 aliphatic carbocycles. The molecular weight excluding hydrogens is 258 g/mol. The van der Waals surface area contributed by atoms with Crippen molar-refractivity contribution in [3.05, 3.63) is 12.2 Å². The van der Waals surface area contributed by atoms with Crippen molar-refractivity contribution in [2.45, 2.75) is 58.4 Å². The first kappa shape index (κ1) is 18.3. The Morgan fingerprint density at radius 1 is 1.37 bits per heavy atom. The zero-order valence-corrected chi connectivity index (χ0v) is 14.7. The van der Waals surface area contributed by atoms with Crippen molar-refractivity contribution < 1.29 is 14.1 Å². The van der Waals surface area contributed by atoms with Crippen LogP contribution in [0.2, 0.25) is 18.1 Å². The predicted molar refractivity (Wildman–Crippen MR) is 81.3 cm³/mol. The van der Waals surface area contributed by atoms with Crippen molar-refractivity contribution in [2.24, 2.45) is 0 Å². The number of hydrogen-bond acceptors (Lipinski definition) is 3. The third-order valence-corrected chi connectivity index (χ3v) is 8.12. The minimum atomic E-state index is -2.00. The second-order valence-electron chi connectivity index (χ2n) is 6.55.